The van der Waals surface area contributed by atoms with Gasteiger partial charge in [0.25, 0.3) is 0 Å². The Balaban J connectivity index is 2.41. The van der Waals surface area contributed by atoms with Crippen molar-refractivity contribution < 1.29 is 0 Å². The molecule has 13 heavy (non-hydrogen) atoms. The lowest BCUT2D eigenvalue weighted by atomic mass is 9.82. The number of aryl methyl sites for hydroxylation is 2. The van der Waals surface area contributed by atoms with Gasteiger partial charge in [-0.1, -0.05) is 23.8 Å². The van der Waals surface area contributed by atoms with E-state index < -0.39 is 0 Å². The smallest absolute Gasteiger partial charge is 0.000813 e. The molecule has 1 aromatic carbocycles. The molecule has 2 rings (SSSR count). The minimum Gasteiger partial charge on any atom is -0.330 e. The zero-order valence-electron chi connectivity index (χ0n) is 8.22. The highest BCUT2D eigenvalue weighted by atomic mass is 14.6. The molecule has 1 aliphatic rings. The van der Waals surface area contributed by atoms with Crippen molar-refractivity contribution >= 4 is 0 Å². The Labute approximate surface area is 80.0 Å². The Morgan fingerprint density at radius 2 is 2.31 bits per heavy atom. The Hall–Kier alpha value is -0.820. The van der Waals surface area contributed by atoms with Gasteiger partial charge in [-0.25, -0.2) is 0 Å². The predicted molar refractivity (Wildman–Crippen MR) is 55.9 cm³/mol. The molecule has 1 aliphatic carbocycles. The minimum atomic E-state index is 0.614. The van der Waals surface area contributed by atoms with E-state index in [-0.39, 0.29) is 0 Å². The number of hydrogen-bond donors (Lipinski definition) is 1. The first-order valence-corrected chi connectivity index (χ1v) is 5.11. The van der Waals surface area contributed by atoms with Gasteiger partial charge >= 0.3 is 0 Å². The van der Waals surface area contributed by atoms with Gasteiger partial charge < -0.3 is 5.73 Å². The standard InChI is InChI=1S/C12H17N/c1-9-5-6-10-3-2-4-11(8-13)12(10)7-9/h5-7,11H,2-4,8,13H2,1H3. The zero-order chi connectivity index (χ0) is 9.26. The van der Waals surface area contributed by atoms with Crippen molar-refractivity contribution in [2.24, 2.45) is 5.73 Å². The summed E-state index contributed by atoms with van der Waals surface area (Å²) >= 11 is 0. The molecule has 0 spiro atoms. The number of rotatable bonds is 1. The van der Waals surface area contributed by atoms with Gasteiger partial charge in [0.2, 0.25) is 0 Å². The van der Waals surface area contributed by atoms with Crippen molar-refractivity contribution in [1.82, 2.24) is 0 Å². The topological polar surface area (TPSA) is 26.0 Å². The van der Waals surface area contributed by atoms with E-state index in [4.69, 9.17) is 5.73 Å². The lowest BCUT2D eigenvalue weighted by Crippen LogP contribution is -2.18. The molecule has 0 aromatic heterocycles. The van der Waals surface area contributed by atoms with E-state index in [0.29, 0.717) is 5.92 Å². The summed E-state index contributed by atoms with van der Waals surface area (Å²) in [5.41, 5.74) is 10.2. The summed E-state index contributed by atoms with van der Waals surface area (Å²) in [6.45, 7) is 2.96. The molecule has 0 fully saturated rings. The van der Waals surface area contributed by atoms with Crippen LogP contribution in [0.4, 0.5) is 0 Å². The fourth-order valence-electron chi connectivity index (χ4n) is 2.26. The van der Waals surface area contributed by atoms with Crippen molar-refractivity contribution in [3.05, 3.63) is 34.9 Å². The Bertz CT molecular complexity index is 304. The molecular formula is C12H17N. The van der Waals surface area contributed by atoms with Crippen LogP contribution in [0.5, 0.6) is 0 Å². The fourth-order valence-corrected chi connectivity index (χ4v) is 2.26. The van der Waals surface area contributed by atoms with Crippen LogP contribution in [0.25, 0.3) is 0 Å². The first-order chi connectivity index (χ1) is 6.31. The highest BCUT2D eigenvalue weighted by Gasteiger charge is 2.18. The Kier molecular flexibility index (Phi) is 2.36. The van der Waals surface area contributed by atoms with E-state index >= 15 is 0 Å². The molecule has 1 unspecified atom stereocenters. The highest BCUT2D eigenvalue weighted by molar-refractivity contribution is 5.36. The van der Waals surface area contributed by atoms with Crippen LogP contribution >= 0.6 is 0 Å². The van der Waals surface area contributed by atoms with Gasteiger partial charge in [0.05, 0.1) is 0 Å². The molecule has 2 N–H and O–H groups in total. The van der Waals surface area contributed by atoms with Crippen LogP contribution in [0.3, 0.4) is 0 Å². The lowest BCUT2D eigenvalue weighted by Gasteiger charge is -2.24. The van der Waals surface area contributed by atoms with Crippen molar-refractivity contribution in [3.8, 4) is 0 Å². The molecule has 1 atom stereocenters. The summed E-state index contributed by atoms with van der Waals surface area (Å²) in [5.74, 6) is 0.614. The normalized spacial score (nSPS) is 21.2. The van der Waals surface area contributed by atoms with Crippen LogP contribution in [-0.2, 0) is 6.42 Å². The van der Waals surface area contributed by atoms with Gasteiger partial charge in [0.15, 0.2) is 0 Å². The minimum absolute atomic E-state index is 0.614. The van der Waals surface area contributed by atoms with Gasteiger partial charge in [-0.2, -0.15) is 0 Å². The van der Waals surface area contributed by atoms with E-state index in [9.17, 15) is 0 Å². The number of nitrogens with two attached hydrogens (primary N) is 1. The molecule has 1 heteroatoms. The quantitative estimate of drug-likeness (QED) is 0.696. The van der Waals surface area contributed by atoms with Gasteiger partial charge in [-0.05, 0) is 49.8 Å². The second-order valence-electron chi connectivity index (χ2n) is 4.03. The number of benzene rings is 1. The van der Waals surface area contributed by atoms with E-state index in [1.807, 2.05) is 0 Å². The van der Waals surface area contributed by atoms with Crippen molar-refractivity contribution in [2.45, 2.75) is 32.1 Å². The monoisotopic (exact) mass is 175 g/mol. The third kappa shape index (κ3) is 1.61. The average molecular weight is 175 g/mol. The summed E-state index contributed by atoms with van der Waals surface area (Å²) in [6.07, 6.45) is 3.82. The largest absolute Gasteiger partial charge is 0.330 e. The van der Waals surface area contributed by atoms with Crippen molar-refractivity contribution in [2.75, 3.05) is 6.54 Å². The fraction of sp³-hybridized carbons (Fsp3) is 0.500. The Morgan fingerprint density at radius 1 is 1.46 bits per heavy atom. The van der Waals surface area contributed by atoms with Gasteiger partial charge in [-0.15, -0.1) is 0 Å². The number of hydrogen-bond acceptors (Lipinski definition) is 1. The number of fused-ring (bicyclic) bond motifs is 1. The molecule has 1 aromatic rings. The summed E-state index contributed by atoms with van der Waals surface area (Å²) in [7, 11) is 0. The average Bonchev–Trinajstić information content (AvgIpc) is 2.17. The first-order valence-electron chi connectivity index (χ1n) is 5.11. The second-order valence-corrected chi connectivity index (χ2v) is 4.03. The molecule has 0 radical (unpaired) electrons. The van der Waals surface area contributed by atoms with Crippen LogP contribution < -0.4 is 5.73 Å². The van der Waals surface area contributed by atoms with Crippen molar-refractivity contribution in [3.63, 3.8) is 0 Å². The Morgan fingerprint density at radius 3 is 3.08 bits per heavy atom. The summed E-state index contributed by atoms with van der Waals surface area (Å²) < 4.78 is 0. The summed E-state index contributed by atoms with van der Waals surface area (Å²) in [4.78, 5) is 0. The van der Waals surface area contributed by atoms with E-state index in [1.165, 1.54) is 36.0 Å². The highest BCUT2D eigenvalue weighted by Crippen LogP contribution is 2.31. The molecule has 0 saturated heterocycles. The van der Waals surface area contributed by atoms with Crippen molar-refractivity contribution in [1.29, 1.82) is 0 Å². The van der Waals surface area contributed by atoms with Gasteiger partial charge in [0.1, 0.15) is 0 Å². The van der Waals surface area contributed by atoms with E-state index in [1.54, 1.807) is 0 Å². The predicted octanol–water partition coefficient (Wildman–Crippen LogP) is 2.37. The maximum absolute atomic E-state index is 5.77. The zero-order valence-corrected chi connectivity index (χ0v) is 8.22. The van der Waals surface area contributed by atoms with Crippen LogP contribution in [0.1, 0.15) is 35.4 Å². The maximum atomic E-state index is 5.77. The molecule has 0 amide bonds. The van der Waals surface area contributed by atoms with Crippen LogP contribution in [0, 0.1) is 6.92 Å². The van der Waals surface area contributed by atoms with Crippen LogP contribution in [-0.4, -0.2) is 6.54 Å². The van der Waals surface area contributed by atoms with Gasteiger partial charge in [0, 0.05) is 0 Å². The first kappa shape index (κ1) is 8.76. The lowest BCUT2D eigenvalue weighted by molar-refractivity contribution is 0.560. The second kappa shape index (κ2) is 3.51. The van der Waals surface area contributed by atoms with Gasteiger partial charge in [-0.3, -0.25) is 0 Å². The molecule has 0 bridgehead atoms. The maximum Gasteiger partial charge on any atom is -0.000813 e. The molecule has 0 saturated carbocycles. The van der Waals surface area contributed by atoms with Crippen LogP contribution in [0.15, 0.2) is 18.2 Å². The van der Waals surface area contributed by atoms with E-state index in [2.05, 4.69) is 25.1 Å². The summed E-state index contributed by atoms with van der Waals surface area (Å²) in [5, 5.41) is 0. The third-order valence-electron chi connectivity index (χ3n) is 3.02. The molecule has 1 nitrogen and oxygen atoms in total. The third-order valence-corrected chi connectivity index (χ3v) is 3.02. The van der Waals surface area contributed by atoms with E-state index in [0.717, 1.165) is 6.54 Å². The van der Waals surface area contributed by atoms with Crippen LogP contribution in [0.2, 0.25) is 0 Å². The molecular weight excluding hydrogens is 158 g/mol. The summed E-state index contributed by atoms with van der Waals surface area (Å²) in [6, 6.07) is 6.79. The SMILES string of the molecule is Cc1ccc2c(c1)C(CN)CCC2. The molecule has 0 heterocycles. The molecule has 0 aliphatic heterocycles. The molecule has 70 valence electrons.